The summed E-state index contributed by atoms with van der Waals surface area (Å²) in [6.45, 7) is 3.50. The molecular formula is C13H18F3N3O2. The topological polar surface area (TPSA) is 63.2 Å². The lowest BCUT2D eigenvalue weighted by Gasteiger charge is -2.21. The average molecular weight is 305 g/mol. The predicted molar refractivity (Wildman–Crippen MR) is 73.1 cm³/mol. The van der Waals surface area contributed by atoms with Crippen molar-refractivity contribution in [1.82, 2.24) is 4.98 Å². The van der Waals surface area contributed by atoms with Crippen LogP contribution in [0.5, 0.6) is 0 Å². The SMILES string of the molecule is CNc1cc(C(F)(F)F)cc(NC(C(=O)OC)C(C)C)n1. The number of methoxy groups -OCH3 is 1. The van der Waals surface area contributed by atoms with Crippen molar-refractivity contribution in [2.24, 2.45) is 5.92 Å². The summed E-state index contributed by atoms with van der Waals surface area (Å²) in [6, 6.07) is 0.975. The number of ether oxygens (including phenoxy) is 1. The Morgan fingerprint density at radius 3 is 2.29 bits per heavy atom. The van der Waals surface area contributed by atoms with Crippen LogP contribution in [0.2, 0.25) is 0 Å². The minimum Gasteiger partial charge on any atom is -0.467 e. The van der Waals surface area contributed by atoms with Gasteiger partial charge in [-0.15, -0.1) is 0 Å². The average Bonchev–Trinajstić information content (AvgIpc) is 2.42. The van der Waals surface area contributed by atoms with Crippen LogP contribution in [0.1, 0.15) is 19.4 Å². The Kier molecular flexibility index (Phi) is 5.40. The van der Waals surface area contributed by atoms with Crippen molar-refractivity contribution in [3.63, 3.8) is 0 Å². The number of esters is 1. The summed E-state index contributed by atoms with van der Waals surface area (Å²) in [5.74, 6) is -0.722. The van der Waals surface area contributed by atoms with Crippen molar-refractivity contribution < 1.29 is 22.7 Å². The largest absolute Gasteiger partial charge is 0.467 e. The number of rotatable bonds is 5. The number of pyridine rings is 1. The van der Waals surface area contributed by atoms with Crippen LogP contribution in [0.25, 0.3) is 0 Å². The fraction of sp³-hybridized carbons (Fsp3) is 0.538. The molecule has 2 N–H and O–H groups in total. The third-order valence-corrected chi connectivity index (χ3v) is 2.83. The lowest BCUT2D eigenvalue weighted by atomic mass is 10.0. The quantitative estimate of drug-likeness (QED) is 0.819. The summed E-state index contributed by atoms with van der Waals surface area (Å²) in [5, 5.41) is 5.25. The van der Waals surface area contributed by atoms with Crippen molar-refractivity contribution in [2.75, 3.05) is 24.8 Å². The van der Waals surface area contributed by atoms with E-state index in [2.05, 4.69) is 20.4 Å². The van der Waals surface area contributed by atoms with Crippen LogP contribution in [-0.2, 0) is 15.7 Å². The van der Waals surface area contributed by atoms with Crippen LogP contribution in [-0.4, -0.2) is 31.2 Å². The second-order valence-corrected chi connectivity index (χ2v) is 4.76. The zero-order valence-electron chi connectivity index (χ0n) is 12.2. The Morgan fingerprint density at radius 1 is 1.29 bits per heavy atom. The molecule has 1 aromatic heterocycles. The first-order chi connectivity index (χ1) is 9.68. The fourth-order valence-corrected chi connectivity index (χ4v) is 1.68. The standard InChI is InChI=1S/C13H18F3N3O2/c1-7(2)11(12(20)21-4)19-10-6-8(13(14,15)16)5-9(17-3)18-10/h5-7,11H,1-4H3,(H2,17,18,19). The van der Waals surface area contributed by atoms with E-state index in [0.717, 1.165) is 12.1 Å². The van der Waals surface area contributed by atoms with Crippen LogP contribution in [0.3, 0.4) is 0 Å². The first-order valence-electron chi connectivity index (χ1n) is 6.30. The molecule has 118 valence electrons. The number of nitrogens with one attached hydrogen (secondary N) is 2. The molecule has 21 heavy (non-hydrogen) atoms. The molecule has 0 saturated heterocycles. The molecule has 0 amide bonds. The molecule has 1 heterocycles. The first kappa shape index (κ1) is 17.1. The van der Waals surface area contributed by atoms with Crippen molar-refractivity contribution in [3.05, 3.63) is 17.7 Å². The van der Waals surface area contributed by atoms with Gasteiger partial charge in [0.15, 0.2) is 0 Å². The van der Waals surface area contributed by atoms with Crippen LogP contribution in [0.15, 0.2) is 12.1 Å². The highest BCUT2D eigenvalue weighted by Crippen LogP contribution is 2.32. The lowest BCUT2D eigenvalue weighted by molar-refractivity contribution is -0.142. The van der Waals surface area contributed by atoms with Gasteiger partial charge in [-0.05, 0) is 18.1 Å². The summed E-state index contributed by atoms with van der Waals surface area (Å²) in [6.07, 6.45) is -4.50. The predicted octanol–water partition coefficient (Wildman–Crippen LogP) is 2.75. The summed E-state index contributed by atoms with van der Waals surface area (Å²) in [4.78, 5) is 15.6. The summed E-state index contributed by atoms with van der Waals surface area (Å²) in [7, 11) is 2.69. The molecule has 0 aromatic carbocycles. The van der Waals surface area contributed by atoms with E-state index >= 15 is 0 Å². The van der Waals surface area contributed by atoms with Gasteiger partial charge in [-0.3, -0.25) is 0 Å². The molecule has 1 aromatic rings. The molecule has 0 bridgehead atoms. The van der Waals surface area contributed by atoms with Crippen molar-refractivity contribution in [1.29, 1.82) is 0 Å². The van der Waals surface area contributed by atoms with E-state index < -0.39 is 23.8 Å². The van der Waals surface area contributed by atoms with Crippen LogP contribution in [0.4, 0.5) is 24.8 Å². The van der Waals surface area contributed by atoms with Gasteiger partial charge in [-0.1, -0.05) is 13.8 Å². The number of hydrogen-bond acceptors (Lipinski definition) is 5. The number of hydrogen-bond donors (Lipinski definition) is 2. The van der Waals surface area contributed by atoms with E-state index in [1.807, 2.05) is 0 Å². The van der Waals surface area contributed by atoms with Gasteiger partial charge in [0.2, 0.25) is 0 Å². The molecule has 0 saturated carbocycles. The molecule has 0 fully saturated rings. The van der Waals surface area contributed by atoms with Gasteiger partial charge >= 0.3 is 12.1 Å². The summed E-state index contributed by atoms with van der Waals surface area (Å²) in [5.41, 5.74) is -0.850. The van der Waals surface area contributed by atoms with Gasteiger partial charge in [0.05, 0.1) is 12.7 Å². The van der Waals surface area contributed by atoms with Gasteiger partial charge in [0, 0.05) is 7.05 Å². The maximum Gasteiger partial charge on any atom is 0.416 e. The lowest BCUT2D eigenvalue weighted by Crippen LogP contribution is -2.35. The Labute approximate surface area is 120 Å². The fourth-order valence-electron chi connectivity index (χ4n) is 1.68. The molecule has 0 spiro atoms. The van der Waals surface area contributed by atoms with Crippen LogP contribution < -0.4 is 10.6 Å². The highest BCUT2D eigenvalue weighted by Gasteiger charge is 2.32. The molecule has 1 rings (SSSR count). The van der Waals surface area contributed by atoms with Crippen molar-refractivity contribution >= 4 is 17.6 Å². The maximum absolute atomic E-state index is 12.8. The van der Waals surface area contributed by atoms with Crippen LogP contribution >= 0.6 is 0 Å². The van der Waals surface area contributed by atoms with E-state index in [4.69, 9.17) is 0 Å². The number of carbonyl (C=O) groups excluding carboxylic acids is 1. The second kappa shape index (κ2) is 6.64. The van der Waals surface area contributed by atoms with Gasteiger partial charge in [0.1, 0.15) is 17.7 Å². The Morgan fingerprint density at radius 2 is 1.86 bits per heavy atom. The van der Waals surface area contributed by atoms with E-state index in [1.165, 1.54) is 14.2 Å². The molecule has 8 heteroatoms. The highest BCUT2D eigenvalue weighted by molar-refractivity contribution is 5.79. The van der Waals surface area contributed by atoms with E-state index in [-0.39, 0.29) is 17.6 Å². The third-order valence-electron chi connectivity index (χ3n) is 2.83. The molecule has 1 atom stereocenters. The molecule has 5 nitrogen and oxygen atoms in total. The molecule has 0 aliphatic carbocycles. The van der Waals surface area contributed by atoms with E-state index in [9.17, 15) is 18.0 Å². The molecule has 1 unspecified atom stereocenters. The normalized spacial score (nSPS) is 13.0. The zero-order valence-corrected chi connectivity index (χ0v) is 12.2. The van der Waals surface area contributed by atoms with Gasteiger partial charge in [0.25, 0.3) is 0 Å². The van der Waals surface area contributed by atoms with Crippen molar-refractivity contribution in [3.8, 4) is 0 Å². The summed E-state index contributed by atoms with van der Waals surface area (Å²) >= 11 is 0. The Hall–Kier alpha value is -1.99. The Balaban J connectivity index is 3.14. The Bertz CT molecular complexity index is 504. The van der Waals surface area contributed by atoms with E-state index in [0.29, 0.717) is 0 Å². The minimum absolute atomic E-state index is 0.0433. The number of alkyl halides is 3. The zero-order chi connectivity index (χ0) is 16.2. The third kappa shape index (κ3) is 4.51. The highest BCUT2D eigenvalue weighted by atomic mass is 19.4. The number of nitrogens with zero attached hydrogens (tertiary/aromatic N) is 1. The number of halogens is 3. The second-order valence-electron chi connectivity index (χ2n) is 4.76. The monoisotopic (exact) mass is 305 g/mol. The molecule has 0 radical (unpaired) electrons. The number of carbonyl (C=O) groups is 1. The van der Waals surface area contributed by atoms with E-state index in [1.54, 1.807) is 13.8 Å². The van der Waals surface area contributed by atoms with Crippen molar-refractivity contribution in [2.45, 2.75) is 26.1 Å². The van der Waals surface area contributed by atoms with Crippen LogP contribution in [0, 0.1) is 5.92 Å². The first-order valence-corrected chi connectivity index (χ1v) is 6.30. The number of anilines is 2. The molecule has 0 aliphatic heterocycles. The molecule has 0 aliphatic rings. The van der Waals surface area contributed by atoms with Gasteiger partial charge in [-0.25, -0.2) is 9.78 Å². The van der Waals surface area contributed by atoms with Gasteiger partial charge in [-0.2, -0.15) is 13.2 Å². The smallest absolute Gasteiger partial charge is 0.416 e. The van der Waals surface area contributed by atoms with Gasteiger partial charge < -0.3 is 15.4 Å². The minimum atomic E-state index is -4.50. The summed E-state index contributed by atoms with van der Waals surface area (Å²) < 4.78 is 43.1. The number of aromatic nitrogens is 1. The molecular weight excluding hydrogens is 287 g/mol. The maximum atomic E-state index is 12.8.